The average Bonchev–Trinajstić information content (AvgIpc) is 3.60. The van der Waals surface area contributed by atoms with E-state index in [9.17, 15) is 24.5 Å². The number of nitriles is 1. The van der Waals surface area contributed by atoms with Gasteiger partial charge < -0.3 is 29.6 Å². The number of hydrogen-bond acceptors (Lipinski definition) is 13. The molecule has 3 heterocycles. The van der Waals surface area contributed by atoms with Crippen LogP contribution in [0.15, 0.2) is 42.7 Å². The molecule has 1 aliphatic heterocycles. The van der Waals surface area contributed by atoms with Gasteiger partial charge in [-0.25, -0.2) is 14.1 Å². The molecule has 6 atom stereocenters. The second-order valence-corrected chi connectivity index (χ2v) is 14.7. The summed E-state index contributed by atoms with van der Waals surface area (Å²) in [6.07, 6.45) is 3.03. The van der Waals surface area contributed by atoms with Gasteiger partial charge in [-0.3, -0.25) is 14.1 Å². The number of nitrogens with zero attached hydrogens (tertiary/aromatic N) is 4. The Morgan fingerprint density at radius 3 is 2.52 bits per heavy atom. The van der Waals surface area contributed by atoms with Gasteiger partial charge >= 0.3 is 19.7 Å². The number of nitrogens with one attached hydrogen (secondary N) is 1. The van der Waals surface area contributed by atoms with Crippen molar-refractivity contribution in [3.63, 3.8) is 0 Å². The number of carbonyl (C=O) groups excluding carboxylic acids is 2. The van der Waals surface area contributed by atoms with E-state index in [1.165, 1.54) is 55.0 Å². The maximum Gasteiger partial charge on any atom is 0.459 e. The molecule has 0 amide bonds. The highest BCUT2D eigenvalue weighted by Gasteiger charge is 2.67. The molecule has 2 aromatic heterocycles. The van der Waals surface area contributed by atoms with Crippen LogP contribution in [0.25, 0.3) is 5.52 Å². The molecule has 1 aliphatic rings. The summed E-state index contributed by atoms with van der Waals surface area (Å²) >= 11 is 6.02. The fraction of sp³-hybridized carbons (Fsp3) is 0.545. The fourth-order valence-corrected chi connectivity index (χ4v) is 7.10. The number of ether oxygens (including phenoxy) is 3. The van der Waals surface area contributed by atoms with Crippen molar-refractivity contribution in [1.29, 1.82) is 5.26 Å². The maximum absolute atomic E-state index is 14.3. The lowest BCUT2D eigenvalue weighted by Crippen LogP contribution is -2.54. The van der Waals surface area contributed by atoms with E-state index >= 15 is 0 Å². The zero-order chi connectivity index (χ0) is 36.7. The number of esters is 2. The smallest absolute Gasteiger partial charge is 0.459 e. The molecule has 15 nitrogen and oxygen atoms in total. The Morgan fingerprint density at radius 1 is 1.16 bits per heavy atom. The van der Waals surface area contributed by atoms with Gasteiger partial charge in [-0.1, -0.05) is 58.1 Å². The first-order valence-corrected chi connectivity index (χ1v) is 18.3. The average molecular weight is 735 g/mol. The molecule has 0 aliphatic carbocycles. The summed E-state index contributed by atoms with van der Waals surface area (Å²) in [7, 11) is -4.47. The Kier molecular flexibility index (Phi) is 12.9. The Labute approximate surface area is 295 Å². The number of hydrogen-bond donors (Lipinski definition) is 3. The van der Waals surface area contributed by atoms with Gasteiger partial charge in [-0.15, -0.1) is 0 Å². The number of benzene rings is 1. The third kappa shape index (κ3) is 8.57. The second kappa shape index (κ2) is 16.5. The molecular weight excluding hydrogens is 691 g/mol. The SMILES string of the molecule is CCCCCCCOC(=O)[C@H](C)N[P@@](=O)(OC[C@H]1O[C@@](C#N)(c2ccc3c(N)ncnn23)[C@](C)(O)[C@@H]1OC(=O)C(C)C)Oc1ccc(Cl)cc1. The lowest BCUT2D eigenvalue weighted by molar-refractivity contribution is -0.168. The van der Waals surface area contributed by atoms with E-state index in [1.807, 2.05) is 6.07 Å². The summed E-state index contributed by atoms with van der Waals surface area (Å²) in [5, 5.41) is 29.9. The molecule has 1 fully saturated rings. The van der Waals surface area contributed by atoms with E-state index in [-0.39, 0.29) is 23.9 Å². The molecule has 0 spiro atoms. The van der Waals surface area contributed by atoms with Crippen LogP contribution < -0.4 is 15.3 Å². The van der Waals surface area contributed by atoms with E-state index in [1.54, 1.807) is 19.9 Å². The van der Waals surface area contributed by atoms with Gasteiger partial charge in [0.05, 0.1) is 24.8 Å². The van der Waals surface area contributed by atoms with Gasteiger partial charge in [-0.05, 0) is 56.7 Å². The molecule has 0 saturated carbocycles. The number of halogens is 1. The molecule has 50 heavy (non-hydrogen) atoms. The number of aromatic nitrogens is 3. The van der Waals surface area contributed by atoms with Crippen LogP contribution in [-0.2, 0) is 38.5 Å². The molecular formula is C33H44ClN6O9P. The Bertz CT molecular complexity index is 1730. The largest absolute Gasteiger partial charge is 0.465 e. The van der Waals surface area contributed by atoms with Crippen molar-refractivity contribution in [2.75, 3.05) is 18.9 Å². The maximum atomic E-state index is 14.3. The third-order valence-corrected chi connectivity index (χ3v) is 10.2. The minimum absolute atomic E-state index is 0.0620. The van der Waals surface area contributed by atoms with Crippen molar-refractivity contribution < 1.29 is 42.5 Å². The second-order valence-electron chi connectivity index (χ2n) is 12.5. The van der Waals surface area contributed by atoms with E-state index in [2.05, 4.69) is 22.1 Å². The minimum atomic E-state index is -4.47. The van der Waals surface area contributed by atoms with Crippen LogP contribution in [-0.4, -0.2) is 68.7 Å². The zero-order valence-electron chi connectivity index (χ0n) is 28.7. The molecule has 0 unspecified atom stereocenters. The van der Waals surface area contributed by atoms with E-state index in [4.69, 9.17) is 40.6 Å². The Hall–Kier alpha value is -3.77. The number of fused-ring (bicyclic) bond motifs is 1. The van der Waals surface area contributed by atoms with Crippen LogP contribution in [0, 0.1) is 17.2 Å². The normalized spacial score (nSPS) is 23.7. The summed E-state index contributed by atoms with van der Waals surface area (Å²) in [6, 6.07) is 9.84. The van der Waals surface area contributed by atoms with Gasteiger partial charge in [0.25, 0.3) is 0 Å². The van der Waals surface area contributed by atoms with Gasteiger partial charge in [0.15, 0.2) is 11.9 Å². The van der Waals surface area contributed by atoms with Crippen LogP contribution >= 0.6 is 19.3 Å². The van der Waals surface area contributed by atoms with Crippen LogP contribution in [0.4, 0.5) is 5.82 Å². The number of nitrogen functional groups attached to an aromatic ring is 1. The number of rotatable bonds is 17. The first kappa shape index (κ1) is 39.0. The van der Waals surface area contributed by atoms with Gasteiger partial charge in [0.2, 0.25) is 5.60 Å². The van der Waals surface area contributed by atoms with E-state index in [0.29, 0.717) is 17.0 Å². The molecule has 4 N–H and O–H groups in total. The highest BCUT2D eigenvalue weighted by molar-refractivity contribution is 7.52. The highest BCUT2D eigenvalue weighted by atomic mass is 35.5. The molecule has 0 bridgehead atoms. The standard InChI is InChI=1S/C33H44ClN6O9P/c1-6-7-8-9-10-17-45-31(42)22(4)39-50(44,49-24-13-11-23(34)12-14-24)46-18-26-28(47-30(41)21(2)3)32(5,43)33(19-35,48-26)27-16-15-25-29(36)37-20-38-40(25)27/h11-16,20-22,26,28,43H,6-10,17-18H2,1-5H3,(H,39,44)(H2,36,37,38)/t22-,26+,28+,32+,33-,50+/m0/s1. The predicted molar refractivity (Wildman–Crippen MR) is 183 cm³/mol. The third-order valence-electron chi connectivity index (χ3n) is 8.29. The van der Waals surface area contributed by atoms with Crippen molar-refractivity contribution in [3.8, 4) is 11.8 Å². The van der Waals surface area contributed by atoms with Crippen LogP contribution in [0.3, 0.4) is 0 Å². The monoisotopic (exact) mass is 734 g/mol. The molecule has 0 radical (unpaired) electrons. The molecule has 1 saturated heterocycles. The lowest BCUT2D eigenvalue weighted by atomic mass is 9.80. The van der Waals surface area contributed by atoms with Crippen LogP contribution in [0.2, 0.25) is 5.02 Å². The Morgan fingerprint density at radius 2 is 1.86 bits per heavy atom. The highest BCUT2D eigenvalue weighted by Crippen LogP contribution is 2.51. The molecule has 4 rings (SSSR count). The number of nitrogens with two attached hydrogens (primary N) is 1. The zero-order valence-corrected chi connectivity index (χ0v) is 30.4. The lowest BCUT2D eigenvalue weighted by Gasteiger charge is -2.34. The summed E-state index contributed by atoms with van der Waals surface area (Å²) in [5.74, 6) is -1.81. The Balaban J connectivity index is 1.63. The van der Waals surface area contributed by atoms with Crippen LogP contribution in [0.5, 0.6) is 5.75 Å². The van der Waals surface area contributed by atoms with Gasteiger partial charge in [0.1, 0.15) is 41.4 Å². The van der Waals surface area contributed by atoms with Crippen molar-refractivity contribution in [2.24, 2.45) is 5.92 Å². The number of anilines is 1. The number of unbranched alkanes of at least 4 members (excludes halogenated alkanes) is 4. The number of carbonyl (C=O) groups is 2. The molecule has 272 valence electrons. The minimum Gasteiger partial charge on any atom is -0.465 e. The van der Waals surface area contributed by atoms with Gasteiger partial charge in [0, 0.05) is 5.02 Å². The molecule has 3 aromatic rings. The quantitative estimate of drug-likeness (QED) is 0.0937. The van der Waals surface area contributed by atoms with E-state index < -0.39 is 61.7 Å². The number of aliphatic hydroxyl groups is 1. The topological polar surface area (TPSA) is 210 Å². The molecule has 17 heteroatoms. The first-order chi connectivity index (χ1) is 23.7. The van der Waals surface area contributed by atoms with Crippen molar-refractivity contribution in [3.05, 3.63) is 53.4 Å². The van der Waals surface area contributed by atoms with Crippen molar-refractivity contribution in [1.82, 2.24) is 19.7 Å². The summed E-state index contributed by atoms with van der Waals surface area (Å²) in [6.45, 7) is 7.56. The summed E-state index contributed by atoms with van der Waals surface area (Å²) in [4.78, 5) is 29.7. The van der Waals surface area contributed by atoms with Crippen molar-refractivity contribution >= 4 is 42.6 Å². The van der Waals surface area contributed by atoms with Crippen LogP contribution in [0.1, 0.15) is 72.4 Å². The summed E-state index contributed by atoms with van der Waals surface area (Å²) < 4.78 is 44.6. The molecule has 1 aromatic carbocycles. The van der Waals surface area contributed by atoms with Gasteiger partial charge in [-0.2, -0.15) is 15.4 Å². The van der Waals surface area contributed by atoms with E-state index in [0.717, 1.165) is 25.7 Å². The fourth-order valence-electron chi connectivity index (χ4n) is 5.47. The predicted octanol–water partition coefficient (Wildman–Crippen LogP) is 5.10. The first-order valence-electron chi connectivity index (χ1n) is 16.4. The van der Waals surface area contributed by atoms with Crippen molar-refractivity contribution in [2.45, 2.75) is 96.2 Å². The summed E-state index contributed by atoms with van der Waals surface area (Å²) in [5.41, 5.74) is 1.97.